The minimum atomic E-state index is -0.809. The quantitative estimate of drug-likeness (QED) is 0.892. The van der Waals surface area contributed by atoms with E-state index in [9.17, 15) is 9.59 Å². The molecule has 0 bridgehead atoms. The summed E-state index contributed by atoms with van der Waals surface area (Å²) in [5.74, 6) is -0.880. The first kappa shape index (κ1) is 16.1. The van der Waals surface area contributed by atoms with Crippen LogP contribution in [0.4, 0.5) is 0 Å². The molecule has 0 radical (unpaired) electrons. The smallest absolute Gasteiger partial charge is 0.303 e. The van der Waals surface area contributed by atoms with E-state index in [4.69, 9.17) is 5.11 Å². The van der Waals surface area contributed by atoms with Crippen LogP contribution in [0.25, 0.3) is 10.6 Å². The van der Waals surface area contributed by atoms with Crippen molar-refractivity contribution in [2.24, 2.45) is 0 Å². The van der Waals surface area contributed by atoms with Gasteiger partial charge in [0, 0.05) is 35.3 Å². The average Bonchev–Trinajstić information content (AvgIpc) is 3.23. The molecule has 1 atom stereocenters. The van der Waals surface area contributed by atoms with Gasteiger partial charge in [0.1, 0.15) is 10.7 Å². The van der Waals surface area contributed by atoms with Crippen LogP contribution in [0.3, 0.4) is 0 Å². The number of thiazole rings is 1. The molecular weight excluding hydrogens is 332 g/mol. The van der Waals surface area contributed by atoms with Crippen LogP contribution in [-0.2, 0) is 4.79 Å². The monoisotopic (exact) mass is 350 g/mol. The molecule has 0 spiro atoms. The predicted molar refractivity (Wildman–Crippen MR) is 91.0 cm³/mol. The summed E-state index contributed by atoms with van der Waals surface area (Å²) >= 11 is 3.08. The first-order valence-electron chi connectivity index (χ1n) is 7.66. The van der Waals surface area contributed by atoms with Crippen LogP contribution in [0.1, 0.15) is 42.6 Å². The highest BCUT2D eigenvalue weighted by Crippen LogP contribution is 2.28. The molecule has 23 heavy (non-hydrogen) atoms. The SMILES string of the molecule is O=C(O)CC[C@H]1CCCCN1C(=O)c1csc(-c2ccsc2)n1. The number of piperidine rings is 1. The van der Waals surface area contributed by atoms with Gasteiger partial charge in [0.05, 0.1) is 0 Å². The number of rotatable bonds is 5. The second-order valence-corrected chi connectivity index (χ2v) is 7.27. The maximum Gasteiger partial charge on any atom is 0.303 e. The zero-order valence-corrected chi connectivity index (χ0v) is 14.2. The number of amides is 1. The number of carbonyl (C=O) groups is 2. The van der Waals surface area contributed by atoms with Crippen molar-refractivity contribution in [1.29, 1.82) is 0 Å². The number of hydrogen-bond donors (Lipinski definition) is 1. The molecule has 1 N–H and O–H groups in total. The molecule has 2 aromatic heterocycles. The molecule has 3 rings (SSSR count). The predicted octanol–water partition coefficient (Wildman–Crippen LogP) is 3.73. The van der Waals surface area contributed by atoms with E-state index < -0.39 is 5.97 Å². The highest BCUT2D eigenvalue weighted by molar-refractivity contribution is 7.14. The van der Waals surface area contributed by atoms with E-state index in [1.54, 1.807) is 16.7 Å². The minimum absolute atomic E-state index is 0.0126. The van der Waals surface area contributed by atoms with Gasteiger partial charge in [-0.2, -0.15) is 11.3 Å². The lowest BCUT2D eigenvalue weighted by Gasteiger charge is -2.35. The van der Waals surface area contributed by atoms with Gasteiger partial charge in [-0.15, -0.1) is 11.3 Å². The Morgan fingerprint density at radius 3 is 2.96 bits per heavy atom. The molecule has 122 valence electrons. The number of carboxylic acid groups (broad SMARTS) is 1. The topological polar surface area (TPSA) is 70.5 Å². The van der Waals surface area contributed by atoms with Crippen molar-refractivity contribution < 1.29 is 14.7 Å². The molecular formula is C16H18N2O3S2. The molecule has 1 saturated heterocycles. The number of carbonyl (C=O) groups excluding carboxylic acids is 1. The molecule has 2 aromatic rings. The summed E-state index contributed by atoms with van der Waals surface area (Å²) in [6.07, 6.45) is 3.51. The van der Waals surface area contributed by atoms with Crippen molar-refractivity contribution in [1.82, 2.24) is 9.88 Å². The normalized spacial score (nSPS) is 18.1. The molecule has 0 aromatic carbocycles. The Labute approximate surface area is 142 Å². The van der Waals surface area contributed by atoms with Crippen LogP contribution >= 0.6 is 22.7 Å². The second-order valence-electron chi connectivity index (χ2n) is 5.63. The highest BCUT2D eigenvalue weighted by Gasteiger charge is 2.29. The van der Waals surface area contributed by atoms with Gasteiger partial charge in [-0.1, -0.05) is 0 Å². The maximum absolute atomic E-state index is 12.8. The molecule has 0 aliphatic carbocycles. The fourth-order valence-corrected chi connectivity index (χ4v) is 4.40. The van der Waals surface area contributed by atoms with E-state index in [0.717, 1.165) is 29.8 Å². The fraction of sp³-hybridized carbons (Fsp3) is 0.438. The zero-order chi connectivity index (χ0) is 16.2. The highest BCUT2D eigenvalue weighted by atomic mass is 32.1. The van der Waals surface area contributed by atoms with Gasteiger partial charge in [-0.05, 0) is 37.1 Å². The summed E-state index contributed by atoms with van der Waals surface area (Å²) in [6, 6.07) is 2.01. The lowest BCUT2D eigenvalue weighted by atomic mass is 9.97. The summed E-state index contributed by atoms with van der Waals surface area (Å²) in [4.78, 5) is 29.9. The van der Waals surface area contributed by atoms with Gasteiger partial charge >= 0.3 is 5.97 Å². The third-order valence-electron chi connectivity index (χ3n) is 4.07. The van der Waals surface area contributed by atoms with Crippen LogP contribution < -0.4 is 0 Å². The van der Waals surface area contributed by atoms with Crippen LogP contribution in [0.5, 0.6) is 0 Å². The largest absolute Gasteiger partial charge is 0.481 e. The molecule has 5 nitrogen and oxygen atoms in total. The van der Waals surface area contributed by atoms with E-state index >= 15 is 0 Å². The van der Waals surface area contributed by atoms with Gasteiger partial charge in [0.25, 0.3) is 5.91 Å². The van der Waals surface area contributed by atoms with Crippen molar-refractivity contribution in [3.8, 4) is 10.6 Å². The van der Waals surface area contributed by atoms with Gasteiger partial charge in [0.2, 0.25) is 0 Å². The summed E-state index contributed by atoms with van der Waals surface area (Å²) in [5, 5.41) is 15.5. The summed E-state index contributed by atoms with van der Waals surface area (Å²) < 4.78 is 0. The van der Waals surface area contributed by atoms with Crippen molar-refractivity contribution >= 4 is 34.6 Å². The van der Waals surface area contributed by atoms with E-state index in [1.165, 1.54) is 11.3 Å². The van der Waals surface area contributed by atoms with Crippen LogP contribution in [0, 0.1) is 0 Å². The zero-order valence-electron chi connectivity index (χ0n) is 12.6. The summed E-state index contributed by atoms with van der Waals surface area (Å²) in [6.45, 7) is 0.689. The Morgan fingerprint density at radius 1 is 1.35 bits per heavy atom. The third-order valence-corrected chi connectivity index (χ3v) is 5.65. The standard InChI is InChI=1S/C16H18N2O3S2/c19-14(20)5-4-12-3-1-2-7-18(12)16(21)13-10-23-15(17-13)11-6-8-22-9-11/h6,8-10,12H,1-5,7H2,(H,19,20)/t12-/m1/s1. The van der Waals surface area contributed by atoms with E-state index in [2.05, 4.69) is 4.98 Å². The Balaban J connectivity index is 1.73. The number of hydrogen-bond acceptors (Lipinski definition) is 5. The van der Waals surface area contributed by atoms with Crippen molar-refractivity contribution in [3.63, 3.8) is 0 Å². The average molecular weight is 350 g/mol. The Kier molecular flexibility index (Phi) is 5.07. The number of carboxylic acids is 1. The molecule has 1 amide bonds. The van der Waals surface area contributed by atoms with E-state index in [0.29, 0.717) is 18.7 Å². The van der Waals surface area contributed by atoms with Crippen molar-refractivity contribution in [2.45, 2.75) is 38.1 Å². The molecule has 1 fully saturated rings. The molecule has 0 saturated carbocycles. The number of thiophene rings is 1. The van der Waals surface area contributed by atoms with Crippen LogP contribution in [0.15, 0.2) is 22.2 Å². The van der Waals surface area contributed by atoms with E-state index in [1.807, 2.05) is 21.7 Å². The molecule has 3 heterocycles. The Hall–Kier alpha value is -1.73. The lowest BCUT2D eigenvalue weighted by molar-refractivity contribution is -0.137. The first-order valence-corrected chi connectivity index (χ1v) is 9.48. The van der Waals surface area contributed by atoms with Crippen LogP contribution in [-0.4, -0.2) is 39.5 Å². The minimum Gasteiger partial charge on any atom is -0.481 e. The van der Waals surface area contributed by atoms with Crippen LogP contribution in [0.2, 0.25) is 0 Å². The van der Waals surface area contributed by atoms with Gasteiger partial charge in [0.15, 0.2) is 0 Å². The van der Waals surface area contributed by atoms with Crippen molar-refractivity contribution in [2.75, 3.05) is 6.54 Å². The van der Waals surface area contributed by atoms with E-state index in [-0.39, 0.29) is 18.4 Å². The Morgan fingerprint density at radius 2 is 2.22 bits per heavy atom. The van der Waals surface area contributed by atoms with Gasteiger partial charge < -0.3 is 10.0 Å². The first-order chi connectivity index (χ1) is 11.1. The maximum atomic E-state index is 12.8. The Bertz CT molecular complexity index is 681. The third kappa shape index (κ3) is 3.79. The fourth-order valence-electron chi connectivity index (χ4n) is 2.90. The molecule has 1 aliphatic rings. The molecule has 0 unspecified atom stereocenters. The molecule has 1 aliphatic heterocycles. The lowest BCUT2D eigenvalue weighted by Crippen LogP contribution is -2.44. The molecule has 7 heteroatoms. The van der Waals surface area contributed by atoms with Gasteiger partial charge in [-0.25, -0.2) is 4.98 Å². The number of likely N-dealkylation sites (tertiary alicyclic amines) is 1. The number of aliphatic carboxylic acids is 1. The number of aromatic nitrogens is 1. The second kappa shape index (κ2) is 7.23. The van der Waals surface area contributed by atoms with Gasteiger partial charge in [-0.3, -0.25) is 9.59 Å². The summed E-state index contributed by atoms with van der Waals surface area (Å²) in [5.41, 5.74) is 1.51. The van der Waals surface area contributed by atoms with Crippen molar-refractivity contribution in [3.05, 3.63) is 27.9 Å². The number of nitrogens with zero attached hydrogens (tertiary/aromatic N) is 2. The summed E-state index contributed by atoms with van der Waals surface area (Å²) in [7, 11) is 0.